The zero-order valence-electron chi connectivity index (χ0n) is 16.1. The van der Waals surface area contributed by atoms with E-state index in [1.165, 1.54) is 23.1 Å². The van der Waals surface area contributed by atoms with Crippen molar-refractivity contribution >= 4 is 28.9 Å². The van der Waals surface area contributed by atoms with Crippen molar-refractivity contribution in [1.82, 2.24) is 19.7 Å². The van der Waals surface area contributed by atoms with E-state index < -0.39 is 5.92 Å². The average Bonchev–Trinajstić information content (AvgIpc) is 3.53. The fraction of sp³-hybridized carbons (Fsp3) is 0.190. The Morgan fingerprint density at radius 1 is 1.27 bits per heavy atom. The van der Waals surface area contributed by atoms with Crippen LogP contribution < -0.4 is 0 Å². The molecule has 9 heteroatoms. The Labute approximate surface area is 181 Å². The van der Waals surface area contributed by atoms with Crippen LogP contribution in [0.1, 0.15) is 17.8 Å². The molecule has 0 aliphatic carbocycles. The molecule has 0 N–H and O–H groups in total. The summed E-state index contributed by atoms with van der Waals surface area (Å²) in [5.74, 6) is 0.230. The summed E-state index contributed by atoms with van der Waals surface area (Å²) in [6, 6.07) is 15.4. The van der Waals surface area contributed by atoms with Crippen LogP contribution in [-0.2, 0) is 11.3 Å². The molecule has 0 amide bonds. The second-order valence-electron chi connectivity index (χ2n) is 6.28. The van der Waals surface area contributed by atoms with E-state index in [2.05, 4.69) is 21.3 Å². The number of hydrogen-bond donors (Lipinski definition) is 0. The SMILES string of the molecule is CCn1c(SCC(=O)[C@H](C#N)c2nc(-c3ccccc3)cs2)nnc1-c1ccco1. The van der Waals surface area contributed by atoms with Gasteiger partial charge in [-0.3, -0.25) is 9.36 Å². The number of hydrogen-bond acceptors (Lipinski definition) is 8. The summed E-state index contributed by atoms with van der Waals surface area (Å²) in [6.07, 6.45) is 1.58. The average molecular weight is 436 g/mol. The number of rotatable bonds is 8. The maximum atomic E-state index is 12.8. The normalized spacial score (nSPS) is 11.9. The first-order chi connectivity index (χ1) is 14.7. The van der Waals surface area contributed by atoms with Crippen molar-refractivity contribution < 1.29 is 9.21 Å². The van der Waals surface area contributed by atoms with Crippen molar-refractivity contribution in [3.63, 3.8) is 0 Å². The standard InChI is InChI=1S/C21H17N5O2S2/c1-2-26-19(18-9-6-10-28-18)24-25-21(26)30-13-17(27)15(11-22)20-23-16(12-29-20)14-7-4-3-5-8-14/h3-10,12,15H,2,13H2,1H3/t15-/m0/s1. The molecule has 0 bridgehead atoms. The second-order valence-corrected chi connectivity index (χ2v) is 8.11. The van der Waals surface area contributed by atoms with E-state index in [-0.39, 0.29) is 11.5 Å². The van der Waals surface area contributed by atoms with Gasteiger partial charge in [-0.25, -0.2) is 4.98 Å². The maximum absolute atomic E-state index is 12.8. The summed E-state index contributed by atoms with van der Waals surface area (Å²) >= 11 is 2.59. The number of aromatic nitrogens is 4. The van der Waals surface area contributed by atoms with Crippen LogP contribution in [0.2, 0.25) is 0 Å². The molecule has 4 aromatic rings. The number of benzene rings is 1. The molecule has 0 aliphatic rings. The van der Waals surface area contributed by atoms with Gasteiger partial charge in [0, 0.05) is 17.5 Å². The lowest BCUT2D eigenvalue weighted by Gasteiger charge is -2.07. The highest BCUT2D eigenvalue weighted by Gasteiger charge is 2.25. The van der Waals surface area contributed by atoms with Gasteiger partial charge in [-0.15, -0.1) is 21.5 Å². The van der Waals surface area contributed by atoms with Gasteiger partial charge in [0.15, 0.2) is 28.4 Å². The van der Waals surface area contributed by atoms with E-state index >= 15 is 0 Å². The van der Waals surface area contributed by atoms with Gasteiger partial charge >= 0.3 is 0 Å². The zero-order chi connectivity index (χ0) is 20.9. The molecule has 3 aromatic heterocycles. The maximum Gasteiger partial charge on any atom is 0.200 e. The molecule has 1 aromatic carbocycles. The Morgan fingerprint density at radius 2 is 2.10 bits per heavy atom. The van der Waals surface area contributed by atoms with Crippen molar-refractivity contribution in [2.75, 3.05) is 5.75 Å². The van der Waals surface area contributed by atoms with Crippen LogP contribution >= 0.6 is 23.1 Å². The van der Waals surface area contributed by atoms with Gasteiger partial charge in [-0.05, 0) is 19.1 Å². The van der Waals surface area contributed by atoms with Crippen LogP contribution in [0.5, 0.6) is 0 Å². The molecule has 1 atom stereocenters. The first kappa shape index (κ1) is 20.1. The predicted molar refractivity (Wildman–Crippen MR) is 115 cm³/mol. The summed E-state index contributed by atoms with van der Waals surface area (Å²) < 4.78 is 7.29. The molecule has 7 nitrogen and oxygen atoms in total. The fourth-order valence-electron chi connectivity index (χ4n) is 2.91. The van der Waals surface area contributed by atoms with Crippen molar-refractivity contribution in [2.45, 2.75) is 24.5 Å². The number of carbonyl (C=O) groups excluding carboxylic acids is 1. The van der Waals surface area contributed by atoms with Crippen LogP contribution in [0, 0.1) is 11.3 Å². The van der Waals surface area contributed by atoms with Crippen molar-refractivity contribution in [1.29, 1.82) is 5.26 Å². The van der Waals surface area contributed by atoms with Gasteiger partial charge in [0.2, 0.25) is 0 Å². The second kappa shape index (κ2) is 9.07. The molecule has 150 valence electrons. The highest BCUT2D eigenvalue weighted by molar-refractivity contribution is 7.99. The van der Waals surface area contributed by atoms with E-state index in [1.807, 2.05) is 53.3 Å². The number of furan rings is 1. The number of nitrogens with zero attached hydrogens (tertiary/aromatic N) is 5. The summed E-state index contributed by atoms with van der Waals surface area (Å²) in [7, 11) is 0. The van der Waals surface area contributed by atoms with Crippen LogP contribution in [-0.4, -0.2) is 31.3 Å². The third-order valence-electron chi connectivity index (χ3n) is 4.41. The Morgan fingerprint density at radius 3 is 2.80 bits per heavy atom. The number of thiazole rings is 1. The predicted octanol–water partition coefficient (Wildman–Crippen LogP) is 4.65. The van der Waals surface area contributed by atoms with E-state index in [0.717, 1.165) is 11.3 Å². The Bertz CT molecular complexity index is 1180. The molecule has 4 rings (SSSR count). The summed E-state index contributed by atoms with van der Waals surface area (Å²) in [5.41, 5.74) is 1.73. The van der Waals surface area contributed by atoms with E-state index in [9.17, 15) is 10.1 Å². The van der Waals surface area contributed by atoms with Gasteiger partial charge in [0.1, 0.15) is 5.01 Å². The minimum Gasteiger partial charge on any atom is -0.461 e. The van der Waals surface area contributed by atoms with Gasteiger partial charge in [-0.2, -0.15) is 5.26 Å². The molecule has 0 saturated heterocycles. The van der Waals surface area contributed by atoms with Gasteiger partial charge < -0.3 is 4.42 Å². The first-order valence-corrected chi connectivity index (χ1v) is 11.1. The first-order valence-electron chi connectivity index (χ1n) is 9.24. The molecular formula is C21H17N5O2S2. The quantitative estimate of drug-likeness (QED) is 0.372. The van der Waals surface area contributed by atoms with Crippen molar-refractivity contribution in [3.8, 4) is 28.9 Å². The van der Waals surface area contributed by atoms with Crippen LogP contribution in [0.25, 0.3) is 22.8 Å². The van der Waals surface area contributed by atoms with Gasteiger partial charge in [0.05, 0.1) is 23.8 Å². The minimum atomic E-state index is -0.900. The van der Waals surface area contributed by atoms with E-state index in [0.29, 0.717) is 28.3 Å². The molecule has 0 saturated carbocycles. The van der Waals surface area contributed by atoms with Gasteiger partial charge in [-0.1, -0.05) is 42.1 Å². The van der Waals surface area contributed by atoms with E-state index in [4.69, 9.17) is 4.42 Å². The fourth-order valence-corrected chi connectivity index (χ4v) is 4.71. The summed E-state index contributed by atoms with van der Waals surface area (Å²) in [5, 5.41) is 21.0. The smallest absolute Gasteiger partial charge is 0.200 e. The monoisotopic (exact) mass is 435 g/mol. The number of Topliss-reactive ketones (excluding diaryl/α,β-unsaturated/α-hetero) is 1. The Hall–Kier alpha value is -3.22. The van der Waals surface area contributed by atoms with Crippen LogP contribution in [0.4, 0.5) is 0 Å². The molecule has 0 spiro atoms. The zero-order valence-corrected chi connectivity index (χ0v) is 17.7. The minimum absolute atomic E-state index is 0.106. The molecule has 0 unspecified atom stereocenters. The summed E-state index contributed by atoms with van der Waals surface area (Å²) in [6.45, 7) is 2.61. The third-order valence-corrected chi connectivity index (χ3v) is 6.31. The third kappa shape index (κ3) is 4.06. The Balaban J connectivity index is 1.47. The number of nitriles is 1. The number of ketones is 1. The van der Waals surface area contributed by atoms with Crippen molar-refractivity contribution in [2.24, 2.45) is 0 Å². The van der Waals surface area contributed by atoms with Crippen LogP contribution in [0.15, 0.2) is 63.7 Å². The lowest BCUT2D eigenvalue weighted by molar-refractivity contribution is -0.116. The summed E-state index contributed by atoms with van der Waals surface area (Å²) in [4.78, 5) is 17.3. The molecular weight excluding hydrogens is 418 g/mol. The molecule has 30 heavy (non-hydrogen) atoms. The van der Waals surface area contributed by atoms with Crippen molar-refractivity contribution in [3.05, 3.63) is 59.1 Å². The lowest BCUT2D eigenvalue weighted by atomic mass is 10.1. The molecule has 0 radical (unpaired) electrons. The molecule has 0 fully saturated rings. The van der Waals surface area contributed by atoms with Crippen LogP contribution in [0.3, 0.4) is 0 Å². The number of thioether (sulfide) groups is 1. The largest absolute Gasteiger partial charge is 0.461 e. The number of carbonyl (C=O) groups is 1. The Kier molecular flexibility index (Phi) is 6.07. The molecule has 3 heterocycles. The highest BCUT2D eigenvalue weighted by Crippen LogP contribution is 2.29. The van der Waals surface area contributed by atoms with Gasteiger partial charge in [0.25, 0.3) is 0 Å². The lowest BCUT2D eigenvalue weighted by Crippen LogP contribution is -2.13. The topological polar surface area (TPSA) is 97.6 Å². The molecule has 0 aliphatic heterocycles. The van der Waals surface area contributed by atoms with E-state index in [1.54, 1.807) is 12.3 Å². The highest BCUT2D eigenvalue weighted by atomic mass is 32.2.